The maximum Gasteiger partial charge on any atom is 0.112 e. The molecule has 1 unspecified atom stereocenters. The Morgan fingerprint density at radius 3 is 2.50 bits per heavy atom. The van der Waals surface area contributed by atoms with Crippen molar-refractivity contribution in [3.8, 4) is 11.8 Å². The maximum atomic E-state index is 9.75. The summed E-state index contributed by atoms with van der Waals surface area (Å²) in [5.74, 6) is 6.24. The number of allylic oxidation sites excluding steroid dienone is 1. The van der Waals surface area contributed by atoms with Crippen LogP contribution in [0.25, 0.3) is 0 Å². The molecule has 3 heteroatoms. The van der Waals surface area contributed by atoms with Gasteiger partial charge in [0.15, 0.2) is 0 Å². The van der Waals surface area contributed by atoms with Crippen molar-refractivity contribution in [3.63, 3.8) is 0 Å². The molecule has 0 spiro atoms. The van der Waals surface area contributed by atoms with E-state index in [2.05, 4.69) is 11.8 Å². The standard InChI is InChI=1S/C11H18O2S/c1-5-14-10(11(3,4)13)8-6-7-9(2)12/h8-9,12-13H,5H2,1-4H3/b10-8+. The molecule has 0 bridgehead atoms. The van der Waals surface area contributed by atoms with E-state index in [4.69, 9.17) is 5.11 Å². The van der Waals surface area contributed by atoms with Crippen LogP contribution in [-0.4, -0.2) is 27.7 Å². The third-order valence-corrected chi connectivity index (χ3v) is 2.62. The third-order valence-electron chi connectivity index (χ3n) is 1.40. The molecule has 2 N–H and O–H groups in total. The van der Waals surface area contributed by atoms with Gasteiger partial charge in [0.25, 0.3) is 0 Å². The van der Waals surface area contributed by atoms with Crippen LogP contribution in [0.3, 0.4) is 0 Å². The van der Waals surface area contributed by atoms with Crippen molar-refractivity contribution >= 4 is 11.8 Å². The van der Waals surface area contributed by atoms with Gasteiger partial charge in [-0.15, -0.1) is 11.8 Å². The molecular formula is C11H18O2S. The molecule has 0 saturated carbocycles. The van der Waals surface area contributed by atoms with Crippen LogP contribution >= 0.6 is 11.8 Å². The number of aliphatic hydroxyl groups excluding tert-OH is 1. The predicted molar refractivity (Wildman–Crippen MR) is 62.0 cm³/mol. The minimum atomic E-state index is -0.853. The number of aliphatic hydroxyl groups is 2. The van der Waals surface area contributed by atoms with Crippen LogP contribution < -0.4 is 0 Å². The molecule has 0 aromatic heterocycles. The zero-order chi connectivity index (χ0) is 11.2. The maximum absolute atomic E-state index is 9.75. The Hall–Kier alpha value is -0.430. The zero-order valence-corrected chi connectivity index (χ0v) is 9.98. The zero-order valence-electron chi connectivity index (χ0n) is 9.16. The highest BCUT2D eigenvalue weighted by Gasteiger charge is 2.18. The van der Waals surface area contributed by atoms with Gasteiger partial charge in [0, 0.05) is 11.0 Å². The van der Waals surface area contributed by atoms with Crippen LogP contribution in [0.1, 0.15) is 27.7 Å². The van der Waals surface area contributed by atoms with Crippen molar-refractivity contribution < 1.29 is 10.2 Å². The minimum Gasteiger partial charge on any atom is -0.385 e. The van der Waals surface area contributed by atoms with Crippen LogP contribution in [-0.2, 0) is 0 Å². The van der Waals surface area contributed by atoms with Gasteiger partial charge in [-0.2, -0.15) is 0 Å². The van der Waals surface area contributed by atoms with Crippen LogP contribution in [0.2, 0.25) is 0 Å². The molecule has 0 aliphatic carbocycles. The van der Waals surface area contributed by atoms with E-state index in [-0.39, 0.29) is 0 Å². The Morgan fingerprint density at radius 1 is 1.57 bits per heavy atom. The summed E-state index contributed by atoms with van der Waals surface area (Å²) in [4.78, 5) is 0.827. The summed E-state index contributed by atoms with van der Waals surface area (Å²) < 4.78 is 0. The van der Waals surface area contributed by atoms with E-state index in [1.807, 2.05) is 6.92 Å². The monoisotopic (exact) mass is 214 g/mol. The SMILES string of the molecule is CCS/C(=C/C#CC(C)O)C(C)(C)O. The van der Waals surface area contributed by atoms with Crippen molar-refractivity contribution in [2.24, 2.45) is 0 Å². The van der Waals surface area contributed by atoms with Gasteiger partial charge in [-0.3, -0.25) is 0 Å². The first kappa shape index (κ1) is 13.6. The van der Waals surface area contributed by atoms with E-state index >= 15 is 0 Å². The van der Waals surface area contributed by atoms with Gasteiger partial charge in [-0.25, -0.2) is 0 Å². The minimum absolute atomic E-state index is 0.624. The molecule has 0 amide bonds. The Balaban J connectivity index is 4.60. The van der Waals surface area contributed by atoms with Gasteiger partial charge in [0.2, 0.25) is 0 Å². The summed E-state index contributed by atoms with van der Waals surface area (Å²) in [7, 11) is 0. The van der Waals surface area contributed by atoms with Crippen LogP contribution in [0, 0.1) is 11.8 Å². The summed E-state index contributed by atoms with van der Waals surface area (Å²) >= 11 is 1.56. The molecule has 1 atom stereocenters. The third kappa shape index (κ3) is 6.09. The number of hydrogen-bond donors (Lipinski definition) is 2. The lowest BCUT2D eigenvalue weighted by molar-refractivity contribution is 0.129. The molecule has 0 aliphatic rings. The lowest BCUT2D eigenvalue weighted by Crippen LogP contribution is -2.20. The highest BCUT2D eigenvalue weighted by molar-refractivity contribution is 8.03. The van der Waals surface area contributed by atoms with Crippen LogP contribution in [0.5, 0.6) is 0 Å². The van der Waals surface area contributed by atoms with E-state index < -0.39 is 11.7 Å². The fourth-order valence-electron chi connectivity index (χ4n) is 0.778. The van der Waals surface area contributed by atoms with Crippen molar-refractivity contribution in [3.05, 3.63) is 11.0 Å². The Morgan fingerprint density at radius 2 is 2.14 bits per heavy atom. The molecule has 0 aromatic rings. The first-order valence-corrected chi connectivity index (χ1v) is 5.61. The van der Waals surface area contributed by atoms with Crippen molar-refractivity contribution in [1.29, 1.82) is 0 Å². The average molecular weight is 214 g/mol. The first-order chi connectivity index (χ1) is 6.38. The van der Waals surface area contributed by atoms with Crippen LogP contribution in [0.15, 0.2) is 11.0 Å². The lowest BCUT2D eigenvalue weighted by atomic mass is 10.1. The summed E-state index contributed by atoms with van der Waals surface area (Å²) in [5, 5.41) is 18.7. The van der Waals surface area contributed by atoms with E-state index in [1.54, 1.807) is 38.6 Å². The second kappa shape index (κ2) is 6.13. The second-order valence-electron chi connectivity index (χ2n) is 3.47. The van der Waals surface area contributed by atoms with Gasteiger partial charge < -0.3 is 10.2 Å². The van der Waals surface area contributed by atoms with Crippen molar-refractivity contribution in [2.75, 3.05) is 5.75 Å². The van der Waals surface area contributed by atoms with E-state index in [9.17, 15) is 5.11 Å². The molecule has 0 heterocycles. The molecule has 0 rings (SSSR count). The first-order valence-electron chi connectivity index (χ1n) is 4.63. The van der Waals surface area contributed by atoms with Gasteiger partial charge in [0.05, 0.1) is 5.60 Å². The number of rotatable bonds is 3. The van der Waals surface area contributed by atoms with Gasteiger partial charge in [-0.1, -0.05) is 18.8 Å². The highest BCUT2D eigenvalue weighted by atomic mass is 32.2. The van der Waals surface area contributed by atoms with Crippen LogP contribution in [0.4, 0.5) is 0 Å². The Labute approximate surface area is 90.4 Å². The summed E-state index contributed by atoms with van der Waals surface area (Å²) in [6.45, 7) is 7.08. The fraction of sp³-hybridized carbons (Fsp3) is 0.636. The Bertz CT molecular complexity index is 251. The number of hydrogen-bond acceptors (Lipinski definition) is 3. The molecule has 0 aromatic carbocycles. The van der Waals surface area contributed by atoms with E-state index in [0.29, 0.717) is 0 Å². The largest absolute Gasteiger partial charge is 0.385 e. The number of thioether (sulfide) groups is 1. The predicted octanol–water partition coefficient (Wildman–Crippen LogP) is 1.78. The van der Waals surface area contributed by atoms with Crippen molar-refractivity contribution in [1.82, 2.24) is 0 Å². The molecule has 0 saturated heterocycles. The quantitative estimate of drug-likeness (QED) is 0.704. The van der Waals surface area contributed by atoms with Crippen molar-refractivity contribution in [2.45, 2.75) is 39.4 Å². The topological polar surface area (TPSA) is 40.5 Å². The summed E-state index contributed by atoms with van der Waals surface area (Å²) in [6, 6.07) is 0. The van der Waals surface area contributed by atoms with E-state index in [1.165, 1.54) is 0 Å². The highest BCUT2D eigenvalue weighted by Crippen LogP contribution is 2.26. The molecule has 14 heavy (non-hydrogen) atoms. The van der Waals surface area contributed by atoms with Gasteiger partial charge in [0.1, 0.15) is 6.10 Å². The lowest BCUT2D eigenvalue weighted by Gasteiger charge is -2.19. The Kier molecular flexibility index (Phi) is 5.94. The molecule has 0 radical (unpaired) electrons. The fourth-order valence-corrected chi connectivity index (χ4v) is 1.58. The average Bonchev–Trinajstić information content (AvgIpc) is 2.00. The second-order valence-corrected chi connectivity index (χ2v) is 4.77. The van der Waals surface area contributed by atoms with Gasteiger partial charge in [-0.05, 0) is 26.5 Å². The molecule has 2 nitrogen and oxygen atoms in total. The molecule has 0 fully saturated rings. The molecule has 80 valence electrons. The van der Waals surface area contributed by atoms with E-state index in [0.717, 1.165) is 10.7 Å². The normalized spacial score (nSPS) is 14.6. The smallest absolute Gasteiger partial charge is 0.112 e. The summed E-state index contributed by atoms with van der Waals surface area (Å²) in [5.41, 5.74) is -0.853. The van der Waals surface area contributed by atoms with Gasteiger partial charge >= 0.3 is 0 Å². The summed E-state index contributed by atoms with van der Waals surface area (Å²) in [6.07, 6.45) is 1.04. The molecule has 0 aliphatic heterocycles. The molecular weight excluding hydrogens is 196 g/mol.